The van der Waals surface area contributed by atoms with Crippen LogP contribution < -0.4 is 14.8 Å². The van der Waals surface area contributed by atoms with Gasteiger partial charge >= 0.3 is 0 Å². The molecule has 3 aromatic rings. The van der Waals surface area contributed by atoms with Gasteiger partial charge in [0.25, 0.3) is 5.91 Å². The predicted molar refractivity (Wildman–Crippen MR) is 96.6 cm³/mol. The molecule has 1 aromatic heterocycles. The van der Waals surface area contributed by atoms with Crippen molar-refractivity contribution >= 4 is 22.4 Å². The van der Waals surface area contributed by atoms with Crippen molar-refractivity contribution in [3.63, 3.8) is 0 Å². The Morgan fingerprint density at radius 3 is 2.88 bits per heavy atom. The zero-order valence-corrected chi connectivity index (χ0v) is 14.4. The van der Waals surface area contributed by atoms with E-state index >= 15 is 0 Å². The first-order valence-corrected chi connectivity index (χ1v) is 8.68. The maximum atomic E-state index is 12.5. The molecule has 6 nitrogen and oxygen atoms in total. The van der Waals surface area contributed by atoms with Crippen LogP contribution in [0.3, 0.4) is 0 Å². The van der Waals surface area contributed by atoms with Crippen molar-refractivity contribution in [2.75, 3.05) is 12.1 Å². The summed E-state index contributed by atoms with van der Waals surface area (Å²) in [5.74, 6) is 0.740. The Morgan fingerprint density at radius 2 is 2.08 bits per heavy atom. The molecule has 0 spiro atoms. The summed E-state index contributed by atoms with van der Waals surface area (Å²) in [6.07, 6.45) is 2.43. The minimum atomic E-state index is -0.286. The van der Waals surface area contributed by atoms with Gasteiger partial charge in [-0.3, -0.25) is 10.1 Å². The standard InChI is InChI=1S/C19H13N3O3S/c20-9-13-6-4-12(5-7-13)8-14-10-21-19(26-14)22-18(23)15-2-1-3-16-17(15)25-11-24-16/h1-7,10H,8,11H2,(H,21,22,23). The Bertz CT molecular complexity index is 1010. The highest BCUT2D eigenvalue weighted by atomic mass is 32.1. The van der Waals surface area contributed by atoms with E-state index in [1.807, 2.05) is 12.1 Å². The van der Waals surface area contributed by atoms with Crippen molar-refractivity contribution in [3.05, 3.63) is 70.2 Å². The fourth-order valence-corrected chi connectivity index (χ4v) is 3.46. The van der Waals surface area contributed by atoms with Crippen LogP contribution >= 0.6 is 11.3 Å². The lowest BCUT2D eigenvalue weighted by Crippen LogP contribution is -2.12. The number of aromatic nitrogens is 1. The maximum absolute atomic E-state index is 12.5. The Kier molecular flexibility index (Phi) is 4.25. The van der Waals surface area contributed by atoms with Gasteiger partial charge < -0.3 is 9.47 Å². The molecule has 1 amide bonds. The first kappa shape index (κ1) is 16.1. The van der Waals surface area contributed by atoms with Crippen LogP contribution in [0.4, 0.5) is 5.13 Å². The lowest BCUT2D eigenvalue weighted by Gasteiger charge is -2.05. The summed E-state index contributed by atoms with van der Waals surface area (Å²) in [7, 11) is 0. The zero-order chi connectivity index (χ0) is 17.9. The van der Waals surface area contributed by atoms with Gasteiger partial charge in [0.1, 0.15) is 0 Å². The number of ether oxygens (including phenoxy) is 2. The van der Waals surface area contributed by atoms with Crippen molar-refractivity contribution in [2.45, 2.75) is 6.42 Å². The smallest absolute Gasteiger partial charge is 0.261 e. The van der Waals surface area contributed by atoms with Gasteiger partial charge in [0.15, 0.2) is 16.6 Å². The number of para-hydroxylation sites is 1. The SMILES string of the molecule is N#Cc1ccc(Cc2cnc(NC(=O)c3cccc4c3OCO4)s2)cc1. The number of amides is 1. The molecule has 7 heteroatoms. The van der Waals surface area contributed by atoms with E-state index in [4.69, 9.17) is 14.7 Å². The normalized spacial score (nSPS) is 11.8. The molecule has 1 aliphatic heterocycles. The van der Waals surface area contributed by atoms with Crippen molar-refractivity contribution in [3.8, 4) is 17.6 Å². The van der Waals surface area contributed by atoms with Crippen LogP contribution in [0, 0.1) is 11.3 Å². The number of benzene rings is 2. The summed E-state index contributed by atoms with van der Waals surface area (Å²) in [5.41, 5.74) is 2.13. The Labute approximate surface area is 153 Å². The van der Waals surface area contributed by atoms with E-state index in [0.717, 1.165) is 10.4 Å². The molecule has 2 aromatic carbocycles. The van der Waals surface area contributed by atoms with Gasteiger partial charge in [0, 0.05) is 17.5 Å². The Morgan fingerprint density at radius 1 is 1.23 bits per heavy atom. The number of nitriles is 1. The molecule has 0 aliphatic carbocycles. The van der Waals surface area contributed by atoms with Gasteiger partial charge in [0.2, 0.25) is 6.79 Å². The van der Waals surface area contributed by atoms with Crippen LogP contribution in [0.5, 0.6) is 11.5 Å². The second-order valence-electron chi connectivity index (χ2n) is 5.61. The molecule has 1 aliphatic rings. The molecule has 0 saturated heterocycles. The van der Waals surface area contributed by atoms with Crippen LogP contribution in [-0.4, -0.2) is 17.7 Å². The molecule has 0 fully saturated rings. The van der Waals surface area contributed by atoms with E-state index in [2.05, 4.69) is 16.4 Å². The lowest BCUT2D eigenvalue weighted by atomic mass is 10.1. The van der Waals surface area contributed by atoms with E-state index in [1.165, 1.54) is 11.3 Å². The highest BCUT2D eigenvalue weighted by molar-refractivity contribution is 7.15. The largest absolute Gasteiger partial charge is 0.454 e. The first-order chi connectivity index (χ1) is 12.7. The van der Waals surface area contributed by atoms with Gasteiger partial charge in [-0.1, -0.05) is 18.2 Å². The Balaban J connectivity index is 1.46. The molecule has 1 N–H and O–H groups in total. The van der Waals surface area contributed by atoms with Crippen LogP contribution in [0.15, 0.2) is 48.7 Å². The van der Waals surface area contributed by atoms with Crippen LogP contribution in [0.25, 0.3) is 0 Å². The van der Waals surface area contributed by atoms with Gasteiger partial charge in [0.05, 0.1) is 17.2 Å². The van der Waals surface area contributed by atoms with Crippen LogP contribution in [0.2, 0.25) is 0 Å². The summed E-state index contributed by atoms with van der Waals surface area (Å²) < 4.78 is 10.7. The van der Waals surface area contributed by atoms with E-state index < -0.39 is 0 Å². The van der Waals surface area contributed by atoms with Crippen molar-refractivity contribution < 1.29 is 14.3 Å². The Hall–Kier alpha value is -3.37. The topological polar surface area (TPSA) is 84.2 Å². The molecular formula is C19H13N3O3S. The molecular weight excluding hydrogens is 350 g/mol. The summed E-state index contributed by atoms with van der Waals surface area (Å²) >= 11 is 1.41. The van der Waals surface area contributed by atoms with Gasteiger partial charge in [-0.25, -0.2) is 4.98 Å². The minimum Gasteiger partial charge on any atom is -0.454 e. The molecule has 26 heavy (non-hydrogen) atoms. The van der Waals surface area contributed by atoms with E-state index in [1.54, 1.807) is 36.5 Å². The fraction of sp³-hybridized carbons (Fsp3) is 0.105. The number of nitrogens with one attached hydrogen (secondary N) is 1. The van der Waals surface area contributed by atoms with Gasteiger partial charge in [-0.05, 0) is 29.8 Å². The third kappa shape index (κ3) is 3.23. The third-order valence-electron chi connectivity index (χ3n) is 3.88. The molecule has 0 bridgehead atoms. The number of fused-ring (bicyclic) bond motifs is 1. The number of hydrogen-bond acceptors (Lipinski definition) is 6. The van der Waals surface area contributed by atoms with Gasteiger partial charge in [-0.2, -0.15) is 5.26 Å². The molecule has 4 rings (SSSR count). The summed E-state index contributed by atoms with van der Waals surface area (Å²) in [6, 6.07) is 14.7. The number of anilines is 1. The van der Waals surface area contributed by atoms with Crippen LogP contribution in [-0.2, 0) is 6.42 Å². The zero-order valence-electron chi connectivity index (χ0n) is 13.6. The molecule has 2 heterocycles. The predicted octanol–water partition coefficient (Wildman–Crippen LogP) is 3.59. The van der Waals surface area contributed by atoms with E-state index in [0.29, 0.717) is 34.2 Å². The number of carbonyl (C=O) groups excluding carboxylic acids is 1. The number of rotatable bonds is 4. The number of carbonyl (C=O) groups is 1. The van der Waals surface area contributed by atoms with E-state index in [-0.39, 0.29) is 12.7 Å². The van der Waals surface area contributed by atoms with Crippen molar-refractivity contribution in [1.29, 1.82) is 5.26 Å². The van der Waals surface area contributed by atoms with Crippen molar-refractivity contribution in [1.82, 2.24) is 4.98 Å². The third-order valence-corrected chi connectivity index (χ3v) is 4.79. The van der Waals surface area contributed by atoms with Gasteiger partial charge in [-0.15, -0.1) is 11.3 Å². The summed E-state index contributed by atoms with van der Waals surface area (Å²) in [6.45, 7) is 0.117. The second kappa shape index (κ2) is 6.86. The minimum absolute atomic E-state index is 0.117. The van der Waals surface area contributed by atoms with E-state index in [9.17, 15) is 4.79 Å². The average Bonchev–Trinajstić information content (AvgIpc) is 3.31. The second-order valence-corrected chi connectivity index (χ2v) is 6.73. The highest BCUT2D eigenvalue weighted by Crippen LogP contribution is 2.35. The molecule has 0 saturated carbocycles. The summed E-state index contributed by atoms with van der Waals surface area (Å²) in [5, 5.41) is 12.2. The molecule has 0 atom stereocenters. The molecule has 0 radical (unpaired) electrons. The number of hydrogen-bond donors (Lipinski definition) is 1. The summed E-state index contributed by atoms with van der Waals surface area (Å²) in [4.78, 5) is 17.8. The number of nitrogens with zero attached hydrogens (tertiary/aromatic N) is 2. The highest BCUT2D eigenvalue weighted by Gasteiger charge is 2.22. The first-order valence-electron chi connectivity index (χ1n) is 7.86. The monoisotopic (exact) mass is 363 g/mol. The van der Waals surface area contributed by atoms with Crippen LogP contribution in [0.1, 0.15) is 26.4 Å². The number of thiazole rings is 1. The molecule has 128 valence electrons. The quantitative estimate of drug-likeness (QED) is 0.766. The van der Waals surface area contributed by atoms with Crippen molar-refractivity contribution in [2.24, 2.45) is 0 Å². The lowest BCUT2D eigenvalue weighted by molar-refractivity contribution is 0.102. The average molecular weight is 363 g/mol. The maximum Gasteiger partial charge on any atom is 0.261 e. The molecule has 0 unspecified atom stereocenters. The fourth-order valence-electron chi connectivity index (χ4n) is 2.62.